The van der Waals surface area contributed by atoms with Crippen LogP contribution in [0.5, 0.6) is 0 Å². The zero-order chi connectivity index (χ0) is 35.3. The highest BCUT2D eigenvalue weighted by molar-refractivity contribution is 7.89. The first kappa shape index (κ1) is 35.3. The maximum atomic E-state index is 13.7. The first-order valence-electron chi connectivity index (χ1n) is 16.9. The van der Waals surface area contributed by atoms with Crippen molar-refractivity contribution >= 4 is 45.4 Å². The van der Waals surface area contributed by atoms with E-state index in [2.05, 4.69) is 36.6 Å². The minimum absolute atomic E-state index is 0.0796. The van der Waals surface area contributed by atoms with E-state index in [0.29, 0.717) is 49.7 Å². The lowest BCUT2D eigenvalue weighted by atomic mass is 9.74. The molecule has 0 spiro atoms. The van der Waals surface area contributed by atoms with Crippen molar-refractivity contribution in [2.24, 2.45) is 21.8 Å². The number of hydrogen-bond donors (Lipinski definition) is 7. The van der Waals surface area contributed by atoms with Crippen LogP contribution in [0.25, 0.3) is 0 Å². The molecule has 4 aliphatic rings. The zero-order valence-corrected chi connectivity index (χ0v) is 28.3. The number of benzene rings is 2. The summed E-state index contributed by atoms with van der Waals surface area (Å²) in [6.45, 7) is 2.14. The van der Waals surface area contributed by atoms with Crippen molar-refractivity contribution in [1.82, 2.24) is 30.5 Å². The van der Waals surface area contributed by atoms with Gasteiger partial charge in [0.2, 0.25) is 33.8 Å². The lowest BCUT2D eigenvalue weighted by Crippen LogP contribution is -2.62. The average Bonchev–Trinajstić information content (AvgIpc) is 3.82. The van der Waals surface area contributed by atoms with E-state index >= 15 is 0 Å². The maximum Gasteiger partial charge on any atom is 0.251 e. The number of aliphatic imine (C=N–C) groups is 2. The van der Waals surface area contributed by atoms with Crippen LogP contribution in [-0.4, -0.2) is 122 Å². The van der Waals surface area contributed by atoms with E-state index in [9.17, 15) is 33.0 Å². The van der Waals surface area contributed by atoms with Crippen LogP contribution in [-0.2, 0) is 19.6 Å². The Labute approximate surface area is 290 Å². The molecule has 3 amide bonds. The standard InChI is InChI=1S/C33H43N9O7S/c43-27(19-38-29(44)23-8-5-9-24(17-23)39-33-36-14-15-41(33)32-34-12-13-35-32)37-18-26(31(46)47)40-30(45)28-22-7-4-6-21(16-22)20-42(28)50(48,49)25-10-2-1-3-11-25/h1-3,5,8-11,17,21-22,26,28,31,46-47H,4,6-7,12-16,18-20H2,(H,34,35)(H,36,39)(H,37,43)(H,38,44)(H,40,45)/t21?,22?,26-,28-/m1/s1. The number of nitrogens with one attached hydrogen (secondary N) is 5. The van der Waals surface area contributed by atoms with Gasteiger partial charge in [0.1, 0.15) is 6.04 Å². The van der Waals surface area contributed by atoms with E-state index in [1.54, 1.807) is 42.5 Å². The molecule has 2 fully saturated rings. The van der Waals surface area contributed by atoms with Crippen LogP contribution < -0.4 is 26.6 Å². The molecule has 50 heavy (non-hydrogen) atoms. The molecule has 1 aliphatic carbocycles. The van der Waals surface area contributed by atoms with Crippen LogP contribution in [0, 0.1) is 11.8 Å². The molecule has 16 nitrogen and oxygen atoms in total. The summed E-state index contributed by atoms with van der Waals surface area (Å²) in [5.74, 6) is -0.549. The van der Waals surface area contributed by atoms with Crippen LogP contribution in [0.3, 0.4) is 0 Å². The topological polar surface area (TPSA) is 217 Å². The Hall–Kier alpha value is -4.58. The Morgan fingerprint density at radius 3 is 2.58 bits per heavy atom. The third-order valence-electron chi connectivity index (χ3n) is 9.39. The van der Waals surface area contributed by atoms with Crippen molar-refractivity contribution in [1.29, 1.82) is 0 Å². The largest absolute Gasteiger partial charge is 0.366 e. The van der Waals surface area contributed by atoms with Crippen molar-refractivity contribution < 1.29 is 33.0 Å². The Kier molecular flexibility index (Phi) is 11.0. The van der Waals surface area contributed by atoms with Gasteiger partial charge in [-0.05, 0) is 61.4 Å². The molecule has 0 aromatic heterocycles. The number of nitrogens with zero attached hydrogens (tertiary/aromatic N) is 4. The third kappa shape index (κ3) is 8.07. The fraction of sp³-hybridized carbons (Fsp3) is 0.485. The highest BCUT2D eigenvalue weighted by Crippen LogP contribution is 2.40. The Morgan fingerprint density at radius 2 is 1.82 bits per heavy atom. The van der Waals surface area contributed by atoms with Crippen molar-refractivity contribution in [3.8, 4) is 0 Å². The minimum Gasteiger partial charge on any atom is -0.366 e. The Balaban J connectivity index is 1.03. The van der Waals surface area contributed by atoms with Gasteiger partial charge in [-0.3, -0.25) is 29.3 Å². The van der Waals surface area contributed by atoms with Gasteiger partial charge in [0.05, 0.1) is 30.6 Å². The molecule has 3 aliphatic heterocycles. The fourth-order valence-corrected chi connectivity index (χ4v) is 8.70. The third-order valence-corrected chi connectivity index (χ3v) is 11.2. The summed E-state index contributed by atoms with van der Waals surface area (Å²) in [5.41, 5.74) is 0.923. The van der Waals surface area contributed by atoms with Gasteiger partial charge < -0.3 is 36.8 Å². The van der Waals surface area contributed by atoms with Crippen molar-refractivity contribution in [2.45, 2.75) is 49.0 Å². The van der Waals surface area contributed by atoms with Crippen LogP contribution in [0.2, 0.25) is 0 Å². The summed E-state index contributed by atoms with van der Waals surface area (Å²) < 4.78 is 28.6. The number of sulfonamides is 1. The van der Waals surface area contributed by atoms with E-state index < -0.39 is 52.7 Å². The van der Waals surface area contributed by atoms with Crippen LogP contribution in [0.15, 0.2) is 69.5 Å². The summed E-state index contributed by atoms with van der Waals surface area (Å²) in [6.07, 6.45) is 1.05. The SMILES string of the molecule is O=C(CNC(=O)c1cccc(NC2=NCCN2C2=NCCN2)c1)NC[C@@H](NC(=O)[C@H]1C2CCCC(C2)CN1S(=O)(=O)c1ccccc1)C(O)O. The summed E-state index contributed by atoms with van der Waals surface area (Å²) in [6, 6.07) is 12.3. The molecular formula is C33H43N9O7S. The van der Waals surface area contributed by atoms with E-state index in [1.807, 2.05) is 4.90 Å². The van der Waals surface area contributed by atoms with Crippen molar-refractivity contribution in [3.63, 3.8) is 0 Å². The Morgan fingerprint density at radius 1 is 1.00 bits per heavy atom. The van der Waals surface area contributed by atoms with Crippen molar-refractivity contribution in [2.75, 3.05) is 51.1 Å². The highest BCUT2D eigenvalue weighted by Gasteiger charge is 2.48. The molecule has 4 atom stereocenters. The normalized spacial score (nSPS) is 22.6. The number of aliphatic hydroxyl groups excluding tert-OH is 1. The molecule has 1 saturated heterocycles. The van der Waals surface area contributed by atoms with E-state index in [1.165, 1.54) is 16.4 Å². The molecular weight excluding hydrogens is 666 g/mol. The average molecular weight is 710 g/mol. The minimum atomic E-state index is -4.02. The molecule has 268 valence electrons. The van der Waals surface area contributed by atoms with Gasteiger partial charge >= 0.3 is 0 Å². The molecule has 6 rings (SSSR count). The molecule has 1 saturated carbocycles. The molecule has 3 heterocycles. The summed E-state index contributed by atoms with van der Waals surface area (Å²) in [4.78, 5) is 50.2. The molecule has 2 aromatic carbocycles. The van der Waals surface area contributed by atoms with E-state index in [0.717, 1.165) is 25.3 Å². The second-order valence-corrected chi connectivity index (χ2v) is 14.7. The quantitative estimate of drug-likeness (QED) is 0.145. The predicted molar refractivity (Wildman–Crippen MR) is 184 cm³/mol. The summed E-state index contributed by atoms with van der Waals surface area (Å²) >= 11 is 0. The van der Waals surface area contributed by atoms with E-state index in [4.69, 9.17) is 0 Å². The smallest absolute Gasteiger partial charge is 0.251 e. The number of fused-ring (bicyclic) bond motifs is 2. The number of piperidine rings is 1. The number of aliphatic hydroxyl groups is 2. The lowest BCUT2D eigenvalue weighted by Gasteiger charge is -2.46. The highest BCUT2D eigenvalue weighted by atomic mass is 32.2. The van der Waals surface area contributed by atoms with E-state index in [-0.39, 0.29) is 29.8 Å². The monoisotopic (exact) mass is 709 g/mol. The molecule has 2 bridgehead atoms. The van der Waals surface area contributed by atoms with Gasteiger partial charge in [0.25, 0.3) is 5.91 Å². The second-order valence-electron chi connectivity index (χ2n) is 12.8. The second kappa shape index (κ2) is 15.5. The first-order valence-corrected chi connectivity index (χ1v) is 18.3. The van der Waals surface area contributed by atoms with Gasteiger partial charge in [-0.15, -0.1) is 0 Å². The van der Waals surface area contributed by atoms with Crippen LogP contribution in [0.4, 0.5) is 5.69 Å². The first-order chi connectivity index (χ1) is 24.1. The van der Waals surface area contributed by atoms with Crippen LogP contribution >= 0.6 is 0 Å². The maximum absolute atomic E-state index is 13.7. The van der Waals surface area contributed by atoms with Gasteiger partial charge in [0.15, 0.2) is 6.29 Å². The number of amides is 3. The van der Waals surface area contributed by atoms with Gasteiger partial charge in [-0.25, -0.2) is 8.42 Å². The summed E-state index contributed by atoms with van der Waals surface area (Å²) in [7, 11) is -4.02. The number of anilines is 1. The fourth-order valence-electron chi connectivity index (χ4n) is 6.95. The number of guanidine groups is 2. The summed E-state index contributed by atoms with van der Waals surface area (Å²) in [5, 5.41) is 34.2. The molecule has 17 heteroatoms. The van der Waals surface area contributed by atoms with Crippen LogP contribution in [0.1, 0.15) is 36.0 Å². The zero-order valence-electron chi connectivity index (χ0n) is 27.5. The lowest BCUT2D eigenvalue weighted by molar-refractivity contribution is -0.135. The molecule has 2 aromatic rings. The number of hydrogen-bond acceptors (Lipinski definition) is 12. The van der Waals surface area contributed by atoms with Gasteiger partial charge in [-0.2, -0.15) is 4.31 Å². The molecule has 2 unspecified atom stereocenters. The van der Waals surface area contributed by atoms with Gasteiger partial charge in [-0.1, -0.05) is 30.7 Å². The Bertz CT molecular complexity index is 1740. The number of carbonyl (C=O) groups excluding carboxylic acids is 3. The molecule has 7 N–H and O–H groups in total. The van der Waals surface area contributed by atoms with Crippen molar-refractivity contribution in [3.05, 3.63) is 60.2 Å². The number of rotatable bonds is 11. The van der Waals surface area contributed by atoms with Gasteiger partial charge in [0, 0.05) is 37.4 Å². The predicted octanol–water partition coefficient (Wildman–Crippen LogP) is -0.750. The molecule has 0 radical (unpaired) electrons. The number of carbonyl (C=O) groups is 3.